The first-order chi connectivity index (χ1) is 7.22. The highest BCUT2D eigenvalue weighted by molar-refractivity contribution is 5.76. The van der Waals surface area contributed by atoms with E-state index in [4.69, 9.17) is 4.74 Å². The summed E-state index contributed by atoms with van der Waals surface area (Å²) >= 11 is 0. The van der Waals surface area contributed by atoms with Crippen LogP contribution < -0.4 is 0 Å². The fourth-order valence-electron chi connectivity index (χ4n) is 2.05. The molecule has 1 aliphatic rings. The average molecular weight is 205 g/mol. The zero-order valence-corrected chi connectivity index (χ0v) is 9.06. The third-order valence-electron chi connectivity index (χ3n) is 2.96. The van der Waals surface area contributed by atoms with E-state index >= 15 is 0 Å². The van der Waals surface area contributed by atoms with Crippen LogP contribution in [0, 0.1) is 0 Å². The molecular weight excluding hydrogens is 190 g/mol. The van der Waals surface area contributed by atoms with Crippen LogP contribution in [0.15, 0.2) is 24.3 Å². The van der Waals surface area contributed by atoms with E-state index in [0.717, 1.165) is 13.0 Å². The van der Waals surface area contributed by atoms with Gasteiger partial charge < -0.3 is 4.74 Å². The molecule has 80 valence electrons. The number of esters is 1. The van der Waals surface area contributed by atoms with Crippen molar-refractivity contribution in [2.45, 2.75) is 19.0 Å². The number of benzene rings is 1. The number of methoxy groups -OCH3 is 1. The summed E-state index contributed by atoms with van der Waals surface area (Å²) in [5.74, 6) is -0.146. The number of rotatable bonds is 1. The van der Waals surface area contributed by atoms with Gasteiger partial charge in [0.25, 0.3) is 0 Å². The van der Waals surface area contributed by atoms with Gasteiger partial charge in [-0.05, 0) is 24.6 Å². The Labute approximate surface area is 89.7 Å². The van der Waals surface area contributed by atoms with E-state index in [1.807, 2.05) is 24.1 Å². The minimum absolute atomic E-state index is 0.134. The summed E-state index contributed by atoms with van der Waals surface area (Å²) in [7, 11) is 3.40. The number of ether oxygens (including phenoxy) is 1. The Balaban J connectivity index is 2.25. The van der Waals surface area contributed by atoms with Crippen molar-refractivity contribution >= 4 is 5.97 Å². The number of carbonyl (C=O) groups excluding carboxylic acids is 1. The second-order valence-electron chi connectivity index (χ2n) is 3.93. The van der Waals surface area contributed by atoms with Crippen molar-refractivity contribution < 1.29 is 9.53 Å². The molecule has 0 radical (unpaired) electrons. The van der Waals surface area contributed by atoms with Gasteiger partial charge in [-0.1, -0.05) is 24.3 Å². The van der Waals surface area contributed by atoms with Crippen molar-refractivity contribution in [2.75, 3.05) is 14.2 Å². The lowest BCUT2D eigenvalue weighted by molar-refractivity contribution is -0.147. The summed E-state index contributed by atoms with van der Waals surface area (Å²) < 4.78 is 4.79. The third kappa shape index (κ3) is 1.88. The second kappa shape index (κ2) is 4.03. The lowest BCUT2D eigenvalue weighted by Crippen LogP contribution is -2.43. The van der Waals surface area contributed by atoms with E-state index in [2.05, 4.69) is 12.1 Å². The molecule has 15 heavy (non-hydrogen) atoms. The number of hydrogen-bond acceptors (Lipinski definition) is 3. The summed E-state index contributed by atoms with van der Waals surface area (Å²) in [6.07, 6.45) is 0.749. The number of likely N-dealkylation sites (N-methyl/N-ethyl adjacent to an activating group) is 1. The standard InChI is InChI=1S/C12H15NO2/c1-13-8-10-6-4-3-5-9(10)7-11(13)12(14)15-2/h3-6,11H,7-8H2,1-2H3/t11-/m0/s1. The molecular formula is C12H15NO2. The van der Waals surface area contributed by atoms with E-state index in [-0.39, 0.29) is 12.0 Å². The highest BCUT2D eigenvalue weighted by Gasteiger charge is 2.29. The molecule has 1 aromatic carbocycles. The maximum Gasteiger partial charge on any atom is 0.323 e. The summed E-state index contributed by atoms with van der Waals surface area (Å²) in [5.41, 5.74) is 2.56. The van der Waals surface area contributed by atoms with Gasteiger partial charge in [-0.25, -0.2) is 0 Å². The Morgan fingerprint density at radius 3 is 2.73 bits per heavy atom. The minimum atomic E-state index is -0.146. The van der Waals surface area contributed by atoms with Crippen LogP contribution in [0.1, 0.15) is 11.1 Å². The second-order valence-corrected chi connectivity index (χ2v) is 3.93. The molecule has 0 fully saturated rings. The normalized spacial score (nSPS) is 20.8. The van der Waals surface area contributed by atoms with Gasteiger partial charge in [-0.2, -0.15) is 0 Å². The summed E-state index contributed by atoms with van der Waals surface area (Å²) in [4.78, 5) is 13.6. The molecule has 0 aliphatic carbocycles. The van der Waals surface area contributed by atoms with E-state index in [1.54, 1.807) is 0 Å². The van der Waals surface area contributed by atoms with Crippen LogP contribution in [0.25, 0.3) is 0 Å². The van der Waals surface area contributed by atoms with Gasteiger partial charge in [0.2, 0.25) is 0 Å². The minimum Gasteiger partial charge on any atom is -0.468 e. The van der Waals surface area contributed by atoms with Gasteiger partial charge in [-0.15, -0.1) is 0 Å². The van der Waals surface area contributed by atoms with Crippen molar-refractivity contribution in [3.63, 3.8) is 0 Å². The SMILES string of the molecule is COC(=O)[C@@H]1Cc2ccccc2CN1C. The highest BCUT2D eigenvalue weighted by Crippen LogP contribution is 2.22. The van der Waals surface area contributed by atoms with Crippen LogP contribution in [0.5, 0.6) is 0 Å². The van der Waals surface area contributed by atoms with Crippen LogP contribution in [0.4, 0.5) is 0 Å². The third-order valence-corrected chi connectivity index (χ3v) is 2.96. The maximum absolute atomic E-state index is 11.5. The van der Waals surface area contributed by atoms with Crippen molar-refractivity contribution in [3.8, 4) is 0 Å². The van der Waals surface area contributed by atoms with Crippen molar-refractivity contribution in [1.82, 2.24) is 4.90 Å². The van der Waals surface area contributed by atoms with Crippen molar-refractivity contribution in [3.05, 3.63) is 35.4 Å². The fourth-order valence-corrected chi connectivity index (χ4v) is 2.05. The smallest absolute Gasteiger partial charge is 0.323 e. The quantitative estimate of drug-likeness (QED) is 0.645. The van der Waals surface area contributed by atoms with Crippen molar-refractivity contribution in [2.24, 2.45) is 0 Å². The predicted octanol–water partition coefficient (Wildman–Crippen LogP) is 1.22. The Bertz CT molecular complexity index is 376. The molecule has 1 atom stereocenters. The molecule has 1 heterocycles. The largest absolute Gasteiger partial charge is 0.468 e. The van der Waals surface area contributed by atoms with Gasteiger partial charge in [0.1, 0.15) is 6.04 Å². The van der Waals surface area contributed by atoms with Gasteiger partial charge in [0.15, 0.2) is 0 Å². The summed E-state index contributed by atoms with van der Waals surface area (Å²) in [6.45, 7) is 0.815. The highest BCUT2D eigenvalue weighted by atomic mass is 16.5. The lowest BCUT2D eigenvalue weighted by Gasteiger charge is -2.31. The monoisotopic (exact) mass is 205 g/mol. The molecule has 3 heteroatoms. The van der Waals surface area contributed by atoms with Crippen LogP contribution in [0.3, 0.4) is 0 Å². The first-order valence-electron chi connectivity index (χ1n) is 5.07. The van der Waals surface area contributed by atoms with Gasteiger partial charge in [0.05, 0.1) is 7.11 Å². The Kier molecular flexibility index (Phi) is 2.73. The van der Waals surface area contributed by atoms with E-state index in [9.17, 15) is 4.79 Å². The van der Waals surface area contributed by atoms with Crippen LogP contribution in [-0.4, -0.2) is 31.1 Å². The topological polar surface area (TPSA) is 29.5 Å². The first-order valence-corrected chi connectivity index (χ1v) is 5.07. The molecule has 0 aromatic heterocycles. The zero-order valence-electron chi connectivity index (χ0n) is 9.06. The van der Waals surface area contributed by atoms with E-state index in [0.29, 0.717) is 0 Å². The number of fused-ring (bicyclic) bond motifs is 1. The molecule has 0 amide bonds. The molecule has 3 nitrogen and oxygen atoms in total. The Hall–Kier alpha value is -1.35. The van der Waals surface area contributed by atoms with Gasteiger partial charge in [0, 0.05) is 6.54 Å². The first kappa shape index (κ1) is 10.2. The molecule has 0 spiro atoms. The molecule has 0 N–H and O–H groups in total. The Morgan fingerprint density at radius 1 is 1.40 bits per heavy atom. The molecule has 0 bridgehead atoms. The molecule has 1 aliphatic heterocycles. The molecule has 0 saturated carbocycles. The van der Waals surface area contributed by atoms with E-state index < -0.39 is 0 Å². The summed E-state index contributed by atoms with van der Waals surface area (Å²) in [5, 5.41) is 0. The lowest BCUT2D eigenvalue weighted by atomic mass is 9.94. The van der Waals surface area contributed by atoms with Gasteiger partial charge in [-0.3, -0.25) is 9.69 Å². The molecule has 1 aromatic rings. The van der Waals surface area contributed by atoms with Crippen LogP contribution >= 0.6 is 0 Å². The van der Waals surface area contributed by atoms with Crippen LogP contribution in [-0.2, 0) is 22.5 Å². The van der Waals surface area contributed by atoms with E-state index in [1.165, 1.54) is 18.2 Å². The van der Waals surface area contributed by atoms with Gasteiger partial charge >= 0.3 is 5.97 Å². The number of nitrogens with zero attached hydrogens (tertiary/aromatic N) is 1. The Morgan fingerprint density at radius 2 is 2.07 bits per heavy atom. The summed E-state index contributed by atoms with van der Waals surface area (Å²) in [6, 6.07) is 8.10. The molecule has 2 rings (SSSR count). The molecule has 0 saturated heterocycles. The molecule has 0 unspecified atom stereocenters. The predicted molar refractivity (Wildman–Crippen MR) is 57.4 cm³/mol. The van der Waals surface area contributed by atoms with Crippen molar-refractivity contribution in [1.29, 1.82) is 0 Å². The average Bonchev–Trinajstić information content (AvgIpc) is 2.27. The maximum atomic E-state index is 11.5. The zero-order chi connectivity index (χ0) is 10.8. The van der Waals surface area contributed by atoms with Crippen LogP contribution in [0.2, 0.25) is 0 Å². The number of carbonyl (C=O) groups is 1. The fraction of sp³-hybridized carbons (Fsp3) is 0.417. The number of hydrogen-bond donors (Lipinski definition) is 0.